The largest absolute Gasteiger partial charge is 0.315 e. The molecule has 1 aromatic carbocycles. The van der Waals surface area contributed by atoms with Crippen molar-refractivity contribution in [1.29, 1.82) is 0 Å². The Hall–Kier alpha value is -0.860. The van der Waals surface area contributed by atoms with Crippen molar-refractivity contribution in [3.8, 4) is 0 Å². The molecule has 2 aliphatic rings. The number of fused-ring (bicyclic) bond motifs is 1. The van der Waals surface area contributed by atoms with Gasteiger partial charge in [0.05, 0.1) is 0 Å². The molecule has 2 fully saturated rings. The zero-order valence-corrected chi connectivity index (χ0v) is 12.0. The predicted molar refractivity (Wildman–Crippen MR) is 80.2 cm³/mol. The lowest BCUT2D eigenvalue weighted by Gasteiger charge is -2.42. The lowest BCUT2D eigenvalue weighted by Crippen LogP contribution is -2.46. The van der Waals surface area contributed by atoms with Crippen LogP contribution in [0.4, 0.5) is 0 Å². The quantitative estimate of drug-likeness (QED) is 0.892. The van der Waals surface area contributed by atoms with Gasteiger partial charge in [-0.3, -0.25) is 4.90 Å². The molecule has 0 aliphatic carbocycles. The summed E-state index contributed by atoms with van der Waals surface area (Å²) >= 11 is 0. The zero-order chi connectivity index (χ0) is 13.1. The summed E-state index contributed by atoms with van der Waals surface area (Å²) in [5, 5.41) is 3.60. The molecule has 3 unspecified atom stereocenters. The summed E-state index contributed by atoms with van der Waals surface area (Å²) in [7, 11) is 0. The van der Waals surface area contributed by atoms with E-state index in [1.54, 1.807) is 0 Å². The Balaban J connectivity index is 1.83. The van der Waals surface area contributed by atoms with E-state index in [0.717, 1.165) is 12.0 Å². The minimum absolute atomic E-state index is 0.624. The van der Waals surface area contributed by atoms with E-state index in [0.29, 0.717) is 6.04 Å². The smallest absolute Gasteiger partial charge is 0.0351 e. The van der Waals surface area contributed by atoms with E-state index >= 15 is 0 Å². The van der Waals surface area contributed by atoms with Gasteiger partial charge in [0.1, 0.15) is 0 Å². The van der Waals surface area contributed by atoms with Crippen LogP contribution in [0.3, 0.4) is 0 Å². The monoisotopic (exact) mass is 258 g/mol. The van der Waals surface area contributed by atoms with Gasteiger partial charge >= 0.3 is 0 Å². The number of likely N-dealkylation sites (tertiary alicyclic amines) is 1. The van der Waals surface area contributed by atoms with E-state index in [1.165, 1.54) is 50.9 Å². The average molecular weight is 258 g/mol. The number of benzene rings is 1. The Labute approximate surface area is 117 Å². The van der Waals surface area contributed by atoms with E-state index in [-0.39, 0.29) is 0 Å². The summed E-state index contributed by atoms with van der Waals surface area (Å²) in [6.07, 6.45) is 5.34. The van der Waals surface area contributed by atoms with E-state index < -0.39 is 0 Å². The van der Waals surface area contributed by atoms with Gasteiger partial charge in [-0.25, -0.2) is 0 Å². The van der Waals surface area contributed by atoms with Crippen LogP contribution in [-0.2, 0) is 0 Å². The molecule has 2 saturated heterocycles. The molecule has 0 amide bonds. The van der Waals surface area contributed by atoms with Crippen molar-refractivity contribution in [2.75, 3.05) is 19.6 Å². The Morgan fingerprint density at radius 2 is 2.11 bits per heavy atom. The standard InChI is InChI=1S/C17H26N2/c1-2-7-16(14-8-4-3-5-9-14)19-11-6-10-15-12-18-13-17(15)19/h3-5,8-9,15-18H,2,6-7,10-13H2,1H3. The summed E-state index contributed by atoms with van der Waals surface area (Å²) in [4.78, 5) is 2.80. The number of nitrogens with zero attached hydrogens (tertiary/aromatic N) is 1. The lowest BCUT2D eigenvalue weighted by atomic mass is 9.88. The Bertz CT molecular complexity index is 390. The van der Waals surface area contributed by atoms with Crippen LogP contribution in [0.15, 0.2) is 30.3 Å². The van der Waals surface area contributed by atoms with Gasteiger partial charge in [-0.1, -0.05) is 43.7 Å². The fraction of sp³-hybridized carbons (Fsp3) is 0.647. The van der Waals surface area contributed by atoms with E-state index in [4.69, 9.17) is 0 Å². The van der Waals surface area contributed by atoms with Crippen molar-refractivity contribution < 1.29 is 0 Å². The van der Waals surface area contributed by atoms with E-state index in [2.05, 4.69) is 47.5 Å². The van der Waals surface area contributed by atoms with E-state index in [1.807, 2.05) is 0 Å². The van der Waals surface area contributed by atoms with Crippen molar-refractivity contribution >= 4 is 0 Å². The average Bonchev–Trinajstić information content (AvgIpc) is 2.94. The normalized spacial score (nSPS) is 29.1. The molecule has 2 heterocycles. The first-order chi connectivity index (χ1) is 9.40. The number of hydrogen-bond donors (Lipinski definition) is 1. The highest BCUT2D eigenvalue weighted by atomic mass is 15.2. The van der Waals surface area contributed by atoms with Crippen LogP contribution in [0.5, 0.6) is 0 Å². The maximum atomic E-state index is 3.60. The third kappa shape index (κ3) is 2.70. The fourth-order valence-electron chi connectivity index (χ4n) is 3.96. The molecule has 3 rings (SSSR count). The van der Waals surface area contributed by atoms with Gasteiger partial charge in [-0.05, 0) is 43.8 Å². The van der Waals surface area contributed by atoms with Gasteiger partial charge in [-0.2, -0.15) is 0 Å². The molecule has 104 valence electrons. The Morgan fingerprint density at radius 1 is 1.26 bits per heavy atom. The number of rotatable bonds is 4. The third-order valence-corrected chi connectivity index (χ3v) is 4.87. The molecule has 0 bridgehead atoms. The predicted octanol–water partition coefficient (Wildman–Crippen LogP) is 3.21. The second-order valence-electron chi connectivity index (χ2n) is 6.08. The highest BCUT2D eigenvalue weighted by Crippen LogP contribution is 2.35. The third-order valence-electron chi connectivity index (χ3n) is 4.87. The number of hydrogen-bond acceptors (Lipinski definition) is 2. The highest BCUT2D eigenvalue weighted by Gasteiger charge is 2.38. The van der Waals surface area contributed by atoms with E-state index in [9.17, 15) is 0 Å². The summed E-state index contributed by atoms with van der Waals surface area (Å²) < 4.78 is 0. The second-order valence-corrected chi connectivity index (χ2v) is 6.08. The molecule has 19 heavy (non-hydrogen) atoms. The lowest BCUT2D eigenvalue weighted by molar-refractivity contribution is 0.0717. The minimum atomic E-state index is 0.624. The van der Waals surface area contributed by atoms with Gasteiger partial charge in [0.25, 0.3) is 0 Å². The second kappa shape index (κ2) is 6.06. The van der Waals surface area contributed by atoms with Crippen LogP contribution in [0.2, 0.25) is 0 Å². The molecule has 0 saturated carbocycles. The van der Waals surface area contributed by atoms with Crippen LogP contribution in [0, 0.1) is 5.92 Å². The molecule has 2 heteroatoms. The van der Waals surface area contributed by atoms with Crippen molar-refractivity contribution in [2.24, 2.45) is 5.92 Å². The SMILES string of the molecule is CCCC(c1ccccc1)N1CCCC2CNCC21. The molecule has 2 aliphatic heterocycles. The van der Waals surface area contributed by atoms with Gasteiger partial charge in [0.15, 0.2) is 0 Å². The van der Waals surface area contributed by atoms with Crippen molar-refractivity contribution in [3.05, 3.63) is 35.9 Å². The topological polar surface area (TPSA) is 15.3 Å². The highest BCUT2D eigenvalue weighted by molar-refractivity contribution is 5.20. The summed E-state index contributed by atoms with van der Waals surface area (Å²) in [5.74, 6) is 0.886. The molecular formula is C17H26N2. The fourth-order valence-corrected chi connectivity index (χ4v) is 3.96. The van der Waals surface area contributed by atoms with Crippen molar-refractivity contribution in [1.82, 2.24) is 10.2 Å². The molecule has 0 spiro atoms. The summed E-state index contributed by atoms with van der Waals surface area (Å²) in [6, 6.07) is 12.5. The van der Waals surface area contributed by atoms with Gasteiger partial charge in [0, 0.05) is 18.6 Å². The van der Waals surface area contributed by atoms with Crippen LogP contribution in [-0.4, -0.2) is 30.6 Å². The first-order valence-electron chi connectivity index (χ1n) is 7.91. The molecular weight excluding hydrogens is 232 g/mol. The first-order valence-corrected chi connectivity index (χ1v) is 7.91. The summed E-state index contributed by atoms with van der Waals surface area (Å²) in [5.41, 5.74) is 1.51. The Morgan fingerprint density at radius 3 is 2.89 bits per heavy atom. The van der Waals surface area contributed by atoms with Crippen LogP contribution >= 0.6 is 0 Å². The maximum Gasteiger partial charge on any atom is 0.0351 e. The van der Waals surface area contributed by atoms with Crippen molar-refractivity contribution in [3.63, 3.8) is 0 Å². The van der Waals surface area contributed by atoms with Crippen LogP contribution in [0.25, 0.3) is 0 Å². The molecule has 3 atom stereocenters. The molecule has 0 radical (unpaired) electrons. The minimum Gasteiger partial charge on any atom is -0.315 e. The molecule has 0 aromatic heterocycles. The van der Waals surface area contributed by atoms with Gasteiger partial charge in [0.2, 0.25) is 0 Å². The molecule has 1 N–H and O–H groups in total. The van der Waals surface area contributed by atoms with Gasteiger partial charge < -0.3 is 5.32 Å². The number of piperidine rings is 1. The number of nitrogens with one attached hydrogen (secondary N) is 1. The maximum absolute atomic E-state index is 3.60. The molecule has 1 aromatic rings. The Kier molecular flexibility index (Phi) is 4.19. The zero-order valence-electron chi connectivity index (χ0n) is 12.0. The first kappa shape index (κ1) is 13.1. The van der Waals surface area contributed by atoms with Crippen LogP contribution in [0.1, 0.15) is 44.2 Å². The van der Waals surface area contributed by atoms with Gasteiger partial charge in [-0.15, -0.1) is 0 Å². The van der Waals surface area contributed by atoms with Crippen molar-refractivity contribution in [2.45, 2.75) is 44.7 Å². The summed E-state index contributed by atoms with van der Waals surface area (Å²) in [6.45, 7) is 6.01. The molecule has 2 nitrogen and oxygen atoms in total. The van der Waals surface area contributed by atoms with Crippen LogP contribution < -0.4 is 5.32 Å².